The molecular weight excluding hydrogens is 390 g/mol. The molecule has 1 atom stereocenters. The Morgan fingerprint density at radius 1 is 0.862 bits per heavy atom. The maximum Gasteiger partial charge on any atom is 0.131 e. The molecule has 148 valence electrons. The molecule has 0 aliphatic rings. The van der Waals surface area contributed by atoms with Crippen molar-refractivity contribution in [3.63, 3.8) is 0 Å². The minimum atomic E-state index is -0.351. The van der Waals surface area contributed by atoms with E-state index in [0.717, 1.165) is 22.2 Å². The van der Waals surface area contributed by atoms with Crippen LogP contribution in [0, 0.1) is 0 Å². The standard InChI is InChI=1S/C22H20ClN3O3/c1-27-16-12-19(28-2)21(20(13-16)29-3)22(14-8-10-15(23)11-9-14)26-18-7-5-4-6-17(18)24-25-26/h4-13,22H,1-3H3. The molecule has 0 aliphatic carbocycles. The van der Waals surface area contributed by atoms with Crippen molar-refractivity contribution >= 4 is 22.6 Å². The summed E-state index contributed by atoms with van der Waals surface area (Å²) in [6, 6.07) is 18.8. The molecule has 3 aromatic carbocycles. The Labute approximate surface area is 173 Å². The quantitative estimate of drug-likeness (QED) is 0.460. The zero-order chi connectivity index (χ0) is 20.4. The number of halogens is 1. The van der Waals surface area contributed by atoms with Gasteiger partial charge in [-0.1, -0.05) is 41.1 Å². The van der Waals surface area contributed by atoms with Crippen molar-refractivity contribution in [1.82, 2.24) is 15.0 Å². The molecule has 6 nitrogen and oxygen atoms in total. The zero-order valence-electron chi connectivity index (χ0n) is 16.3. The van der Waals surface area contributed by atoms with E-state index in [9.17, 15) is 0 Å². The van der Waals surface area contributed by atoms with Gasteiger partial charge in [0.05, 0.1) is 32.4 Å². The van der Waals surface area contributed by atoms with E-state index in [1.54, 1.807) is 21.3 Å². The van der Waals surface area contributed by atoms with Gasteiger partial charge in [0.2, 0.25) is 0 Å². The molecular formula is C22H20ClN3O3. The number of hydrogen-bond donors (Lipinski definition) is 0. The fourth-order valence-electron chi connectivity index (χ4n) is 3.46. The highest BCUT2D eigenvalue weighted by atomic mass is 35.5. The van der Waals surface area contributed by atoms with Crippen LogP contribution in [-0.2, 0) is 0 Å². The SMILES string of the molecule is COc1cc(OC)c(C(c2ccc(Cl)cc2)n2nnc3ccccc32)c(OC)c1. The van der Waals surface area contributed by atoms with Crippen LogP contribution in [0.15, 0.2) is 60.7 Å². The first-order valence-electron chi connectivity index (χ1n) is 9.01. The van der Waals surface area contributed by atoms with Crippen LogP contribution < -0.4 is 14.2 Å². The highest BCUT2D eigenvalue weighted by Gasteiger charge is 2.28. The Hall–Kier alpha value is -3.25. The maximum atomic E-state index is 6.14. The Kier molecular flexibility index (Phi) is 5.27. The van der Waals surface area contributed by atoms with E-state index in [4.69, 9.17) is 25.8 Å². The number of hydrogen-bond acceptors (Lipinski definition) is 5. The van der Waals surface area contributed by atoms with Crippen molar-refractivity contribution in [3.8, 4) is 17.2 Å². The molecule has 0 N–H and O–H groups in total. The Morgan fingerprint density at radius 2 is 1.52 bits per heavy atom. The van der Waals surface area contributed by atoms with Crippen LogP contribution in [0.25, 0.3) is 11.0 Å². The number of fused-ring (bicyclic) bond motifs is 1. The summed E-state index contributed by atoms with van der Waals surface area (Å²) in [4.78, 5) is 0. The molecule has 4 aromatic rings. The molecule has 1 aromatic heterocycles. The van der Waals surface area contributed by atoms with Gasteiger partial charge < -0.3 is 14.2 Å². The molecule has 0 amide bonds. The van der Waals surface area contributed by atoms with E-state index in [0.29, 0.717) is 22.3 Å². The van der Waals surface area contributed by atoms with Crippen LogP contribution >= 0.6 is 11.6 Å². The molecule has 0 radical (unpaired) electrons. The van der Waals surface area contributed by atoms with E-state index in [1.807, 2.05) is 65.3 Å². The summed E-state index contributed by atoms with van der Waals surface area (Å²) in [6.07, 6.45) is 0. The third-order valence-corrected chi connectivity index (χ3v) is 5.09. The molecule has 4 rings (SSSR count). The van der Waals surface area contributed by atoms with Gasteiger partial charge in [0.15, 0.2) is 0 Å². The van der Waals surface area contributed by atoms with Gasteiger partial charge in [0.25, 0.3) is 0 Å². The minimum absolute atomic E-state index is 0.351. The van der Waals surface area contributed by atoms with Gasteiger partial charge in [-0.2, -0.15) is 0 Å². The molecule has 0 fully saturated rings. The van der Waals surface area contributed by atoms with Crippen molar-refractivity contribution in [2.75, 3.05) is 21.3 Å². The van der Waals surface area contributed by atoms with Crippen LogP contribution in [0.5, 0.6) is 17.2 Å². The van der Waals surface area contributed by atoms with Crippen LogP contribution in [0.4, 0.5) is 0 Å². The van der Waals surface area contributed by atoms with Gasteiger partial charge >= 0.3 is 0 Å². The first-order valence-corrected chi connectivity index (χ1v) is 9.39. The normalized spacial score (nSPS) is 12.0. The highest BCUT2D eigenvalue weighted by Crippen LogP contribution is 2.43. The van der Waals surface area contributed by atoms with Crippen LogP contribution in [0.1, 0.15) is 17.2 Å². The van der Waals surface area contributed by atoms with E-state index in [1.165, 1.54) is 0 Å². The Balaban J connectivity index is 2.03. The number of rotatable bonds is 6. The zero-order valence-corrected chi connectivity index (χ0v) is 17.1. The number of nitrogens with zero attached hydrogens (tertiary/aromatic N) is 3. The summed E-state index contributed by atoms with van der Waals surface area (Å²) < 4.78 is 18.7. The van der Waals surface area contributed by atoms with Gasteiger partial charge in [0.1, 0.15) is 28.8 Å². The lowest BCUT2D eigenvalue weighted by Crippen LogP contribution is -2.16. The monoisotopic (exact) mass is 409 g/mol. The van der Waals surface area contributed by atoms with Crippen molar-refractivity contribution in [3.05, 3.63) is 76.8 Å². The summed E-state index contributed by atoms with van der Waals surface area (Å²) in [5.41, 5.74) is 3.48. The molecule has 7 heteroatoms. The molecule has 0 saturated carbocycles. The predicted octanol–water partition coefficient (Wildman–Crippen LogP) is 4.75. The third kappa shape index (κ3) is 3.47. The Morgan fingerprint density at radius 3 is 2.14 bits per heavy atom. The van der Waals surface area contributed by atoms with E-state index >= 15 is 0 Å². The lowest BCUT2D eigenvalue weighted by atomic mass is 9.96. The van der Waals surface area contributed by atoms with Crippen LogP contribution in [0.3, 0.4) is 0 Å². The topological polar surface area (TPSA) is 58.4 Å². The molecule has 1 heterocycles. The number of para-hydroxylation sites is 1. The van der Waals surface area contributed by atoms with Gasteiger partial charge in [-0.3, -0.25) is 0 Å². The second-order valence-electron chi connectivity index (χ2n) is 6.42. The summed E-state index contributed by atoms with van der Waals surface area (Å²) in [7, 11) is 4.85. The van der Waals surface area contributed by atoms with Crippen LogP contribution in [-0.4, -0.2) is 36.3 Å². The first kappa shape index (κ1) is 19.1. The van der Waals surface area contributed by atoms with Gasteiger partial charge in [-0.05, 0) is 29.8 Å². The smallest absolute Gasteiger partial charge is 0.131 e. The summed E-state index contributed by atoms with van der Waals surface area (Å²) in [5.74, 6) is 1.89. The molecule has 1 unspecified atom stereocenters. The van der Waals surface area contributed by atoms with Crippen molar-refractivity contribution in [2.24, 2.45) is 0 Å². The van der Waals surface area contributed by atoms with E-state index < -0.39 is 0 Å². The fraction of sp³-hybridized carbons (Fsp3) is 0.182. The molecule has 0 aliphatic heterocycles. The second-order valence-corrected chi connectivity index (χ2v) is 6.86. The van der Waals surface area contributed by atoms with Crippen molar-refractivity contribution in [2.45, 2.75) is 6.04 Å². The predicted molar refractivity (Wildman–Crippen MR) is 112 cm³/mol. The van der Waals surface area contributed by atoms with Crippen molar-refractivity contribution < 1.29 is 14.2 Å². The summed E-state index contributed by atoms with van der Waals surface area (Å²) in [5, 5.41) is 9.45. The van der Waals surface area contributed by atoms with Gasteiger partial charge in [-0.25, -0.2) is 4.68 Å². The summed E-state index contributed by atoms with van der Waals surface area (Å²) in [6.45, 7) is 0. The van der Waals surface area contributed by atoms with E-state index in [2.05, 4.69) is 10.3 Å². The number of benzene rings is 3. The van der Waals surface area contributed by atoms with Crippen LogP contribution in [0.2, 0.25) is 5.02 Å². The molecule has 0 spiro atoms. The fourth-order valence-corrected chi connectivity index (χ4v) is 3.58. The molecule has 0 bridgehead atoms. The molecule has 29 heavy (non-hydrogen) atoms. The first-order chi connectivity index (χ1) is 14.2. The minimum Gasteiger partial charge on any atom is -0.496 e. The number of ether oxygens (including phenoxy) is 3. The third-order valence-electron chi connectivity index (χ3n) is 4.83. The average Bonchev–Trinajstić information content (AvgIpc) is 3.19. The summed E-state index contributed by atoms with van der Waals surface area (Å²) >= 11 is 6.14. The average molecular weight is 410 g/mol. The van der Waals surface area contributed by atoms with Gasteiger partial charge in [0, 0.05) is 17.2 Å². The van der Waals surface area contributed by atoms with Crippen molar-refractivity contribution in [1.29, 1.82) is 0 Å². The molecule has 0 saturated heterocycles. The second kappa shape index (κ2) is 8.01. The maximum absolute atomic E-state index is 6.14. The lowest BCUT2D eigenvalue weighted by molar-refractivity contribution is 0.361. The highest BCUT2D eigenvalue weighted by molar-refractivity contribution is 6.30. The Bertz CT molecular complexity index is 1120. The number of aromatic nitrogens is 3. The lowest BCUT2D eigenvalue weighted by Gasteiger charge is -2.24. The largest absolute Gasteiger partial charge is 0.496 e. The van der Waals surface area contributed by atoms with E-state index in [-0.39, 0.29) is 6.04 Å². The van der Waals surface area contributed by atoms with Gasteiger partial charge in [-0.15, -0.1) is 5.10 Å². The number of methoxy groups -OCH3 is 3.